The number of nitrogens with zero attached hydrogens (tertiary/aromatic N) is 1. The molecule has 7 nitrogen and oxygen atoms in total. The Kier molecular flexibility index (Phi) is 5.65. The van der Waals surface area contributed by atoms with E-state index in [9.17, 15) is 4.79 Å². The van der Waals surface area contributed by atoms with Crippen molar-refractivity contribution in [3.63, 3.8) is 0 Å². The largest absolute Gasteiger partial charge is 0.421 e. The van der Waals surface area contributed by atoms with E-state index in [0.717, 1.165) is 24.0 Å². The molecular formula is C22H25N3O4. The molecule has 152 valence electrons. The summed E-state index contributed by atoms with van der Waals surface area (Å²) in [6.45, 7) is 3.65. The Hall–Kier alpha value is -2.69. The van der Waals surface area contributed by atoms with E-state index in [0.29, 0.717) is 31.4 Å². The Balaban J connectivity index is 1.29. The summed E-state index contributed by atoms with van der Waals surface area (Å²) in [4.78, 5) is 12.3. The lowest BCUT2D eigenvalue weighted by atomic mass is 10.1. The summed E-state index contributed by atoms with van der Waals surface area (Å²) >= 11 is 0. The average Bonchev–Trinajstić information content (AvgIpc) is 3.64. The zero-order valence-electron chi connectivity index (χ0n) is 16.5. The number of carbonyl (C=O) groups is 1. The minimum absolute atomic E-state index is 0.128. The first-order chi connectivity index (χ1) is 14.1. The summed E-state index contributed by atoms with van der Waals surface area (Å²) in [5, 5.41) is 6.21. The van der Waals surface area contributed by atoms with Crippen LogP contribution in [0.1, 0.15) is 36.8 Å². The SMILES string of the molecule is Cc1cc(C#CC2CC2)ccc1OC(=O)/C(=C/NCC1OCC2(CC2)CO1)N=N. The highest BCUT2D eigenvalue weighted by atomic mass is 16.7. The van der Waals surface area contributed by atoms with Crippen molar-refractivity contribution < 1.29 is 19.0 Å². The molecule has 1 heterocycles. The lowest BCUT2D eigenvalue weighted by molar-refractivity contribution is -0.203. The molecule has 0 unspecified atom stereocenters. The molecule has 1 aromatic carbocycles. The zero-order valence-corrected chi connectivity index (χ0v) is 16.5. The minimum Gasteiger partial charge on any atom is -0.421 e. The molecule has 2 saturated carbocycles. The highest BCUT2D eigenvalue weighted by Crippen LogP contribution is 2.48. The molecule has 1 aromatic rings. The number of carbonyl (C=O) groups excluding carboxylic acids is 1. The van der Waals surface area contributed by atoms with E-state index in [1.165, 1.54) is 19.0 Å². The summed E-state index contributed by atoms with van der Waals surface area (Å²) in [6.07, 6.45) is 5.67. The molecule has 4 rings (SSSR count). The van der Waals surface area contributed by atoms with Gasteiger partial charge in [0.05, 0.1) is 19.8 Å². The van der Waals surface area contributed by atoms with Gasteiger partial charge in [0.1, 0.15) is 5.75 Å². The van der Waals surface area contributed by atoms with E-state index in [1.807, 2.05) is 19.1 Å². The molecule has 1 saturated heterocycles. The molecule has 0 amide bonds. The van der Waals surface area contributed by atoms with Gasteiger partial charge in [-0.15, -0.1) is 5.11 Å². The zero-order chi connectivity index (χ0) is 20.3. The van der Waals surface area contributed by atoms with Crippen LogP contribution in [0, 0.1) is 35.6 Å². The van der Waals surface area contributed by atoms with Gasteiger partial charge in [-0.25, -0.2) is 10.3 Å². The maximum absolute atomic E-state index is 12.3. The van der Waals surface area contributed by atoms with Crippen molar-refractivity contribution in [2.24, 2.45) is 16.4 Å². The van der Waals surface area contributed by atoms with E-state index >= 15 is 0 Å². The van der Waals surface area contributed by atoms with Gasteiger partial charge in [-0.3, -0.25) is 0 Å². The van der Waals surface area contributed by atoms with E-state index < -0.39 is 5.97 Å². The first-order valence-electron chi connectivity index (χ1n) is 9.95. The monoisotopic (exact) mass is 395 g/mol. The van der Waals surface area contributed by atoms with Gasteiger partial charge in [0.15, 0.2) is 12.0 Å². The van der Waals surface area contributed by atoms with Crippen molar-refractivity contribution in [1.82, 2.24) is 5.32 Å². The fraction of sp³-hybridized carbons (Fsp3) is 0.500. The van der Waals surface area contributed by atoms with E-state index in [4.69, 9.17) is 19.7 Å². The van der Waals surface area contributed by atoms with Gasteiger partial charge in [-0.05, 0) is 56.4 Å². The van der Waals surface area contributed by atoms with Gasteiger partial charge in [0, 0.05) is 23.1 Å². The van der Waals surface area contributed by atoms with Crippen LogP contribution in [0.15, 0.2) is 35.2 Å². The van der Waals surface area contributed by atoms with Crippen LogP contribution in [0.3, 0.4) is 0 Å². The second kappa shape index (κ2) is 8.36. The number of esters is 1. The van der Waals surface area contributed by atoms with E-state index in [2.05, 4.69) is 22.3 Å². The van der Waals surface area contributed by atoms with Crippen molar-refractivity contribution in [3.05, 3.63) is 41.2 Å². The summed E-state index contributed by atoms with van der Waals surface area (Å²) in [5.74, 6) is 6.62. The molecule has 2 aliphatic carbocycles. The third-order valence-electron chi connectivity index (χ3n) is 5.34. The van der Waals surface area contributed by atoms with Crippen molar-refractivity contribution in [3.8, 4) is 17.6 Å². The maximum atomic E-state index is 12.3. The van der Waals surface area contributed by atoms with Gasteiger partial charge in [0.25, 0.3) is 0 Å². The minimum atomic E-state index is -0.699. The van der Waals surface area contributed by atoms with Crippen LogP contribution in [0.5, 0.6) is 5.75 Å². The fourth-order valence-corrected chi connectivity index (χ4v) is 3.01. The normalized spacial score (nSPS) is 20.5. The lowest BCUT2D eigenvalue weighted by Gasteiger charge is -2.29. The lowest BCUT2D eigenvalue weighted by Crippen LogP contribution is -2.38. The Morgan fingerprint density at radius 3 is 2.76 bits per heavy atom. The first-order valence-corrected chi connectivity index (χ1v) is 9.95. The molecule has 29 heavy (non-hydrogen) atoms. The van der Waals surface area contributed by atoms with Crippen LogP contribution < -0.4 is 10.1 Å². The average molecular weight is 395 g/mol. The molecule has 0 aromatic heterocycles. The maximum Gasteiger partial charge on any atom is 0.365 e. The number of nitrogens with one attached hydrogen (secondary N) is 2. The van der Waals surface area contributed by atoms with E-state index in [-0.39, 0.29) is 17.4 Å². The highest BCUT2D eigenvalue weighted by Gasteiger charge is 2.46. The molecule has 7 heteroatoms. The number of hydrogen-bond donors (Lipinski definition) is 2. The van der Waals surface area contributed by atoms with Gasteiger partial charge < -0.3 is 19.5 Å². The molecule has 1 aliphatic heterocycles. The third kappa shape index (κ3) is 5.22. The van der Waals surface area contributed by atoms with Gasteiger partial charge in [-0.2, -0.15) is 0 Å². The van der Waals surface area contributed by atoms with Crippen LogP contribution in [0.2, 0.25) is 0 Å². The standard InChI is InChI=1S/C22H25N3O4/c1-15-10-17(5-4-16-2-3-16)6-7-19(15)29-21(26)18(25-23)11-24-12-20-27-13-22(8-9-22)14-28-20/h6-7,10-11,16,20,23-24H,2-3,8-9,12-14H2,1H3/b18-11-,25-23?. The number of aryl methyl sites for hydroxylation is 1. The Morgan fingerprint density at radius 1 is 1.38 bits per heavy atom. The molecule has 0 atom stereocenters. The Morgan fingerprint density at radius 2 is 2.14 bits per heavy atom. The number of rotatable bonds is 6. The second-order valence-corrected chi connectivity index (χ2v) is 8.01. The van der Waals surface area contributed by atoms with Gasteiger partial charge >= 0.3 is 5.97 Å². The third-order valence-corrected chi connectivity index (χ3v) is 5.34. The first kappa shape index (κ1) is 19.6. The molecule has 1 spiro atoms. The summed E-state index contributed by atoms with van der Waals surface area (Å²) in [7, 11) is 0. The molecule has 3 fully saturated rings. The number of benzene rings is 1. The predicted molar refractivity (Wildman–Crippen MR) is 105 cm³/mol. The van der Waals surface area contributed by atoms with Crippen LogP contribution >= 0.6 is 0 Å². The second-order valence-electron chi connectivity index (χ2n) is 8.01. The molecular weight excluding hydrogens is 370 g/mol. The number of hydrogen-bond acceptors (Lipinski definition) is 7. The van der Waals surface area contributed by atoms with Gasteiger partial charge in [-0.1, -0.05) is 11.8 Å². The smallest absolute Gasteiger partial charge is 0.365 e. The molecule has 2 N–H and O–H groups in total. The summed E-state index contributed by atoms with van der Waals surface area (Å²) in [6, 6.07) is 5.44. The molecule has 3 aliphatic rings. The Labute approximate surface area is 170 Å². The van der Waals surface area contributed by atoms with Crippen molar-refractivity contribution in [1.29, 1.82) is 5.53 Å². The highest BCUT2D eigenvalue weighted by molar-refractivity contribution is 5.89. The Bertz CT molecular complexity index is 881. The molecule has 0 bridgehead atoms. The summed E-state index contributed by atoms with van der Waals surface area (Å²) in [5.41, 5.74) is 9.08. The van der Waals surface area contributed by atoms with Crippen LogP contribution in [0.25, 0.3) is 0 Å². The van der Waals surface area contributed by atoms with Crippen LogP contribution in [-0.2, 0) is 14.3 Å². The fourth-order valence-electron chi connectivity index (χ4n) is 3.01. The predicted octanol–water partition coefficient (Wildman–Crippen LogP) is 3.28. The van der Waals surface area contributed by atoms with Crippen molar-refractivity contribution >= 4 is 5.97 Å². The van der Waals surface area contributed by atoms with Gasteiger partial charge in [0.2, 0.25) is 0 Å². The topological polar surface area (TPSA) is 93.0 Å². The van der Waals surface area contributed by atoms with Crippen LogP contribution in [0.4, 0.5) is 0 Å². The van der Waals surface area contributed by atoms with Crippen molar-refractivity contribution in [2.75, 3.05) is 19.8 Å². The molecule has 0 radical (unpaired) electrons. The summed E-state index contributed by atoms with van der Waals surface area (Å²) < 4.78 is 16.7. The number of ether oxygens (including phenoxy) is 3. The quantitative estimate of drug-likeness (QED) is 0.254. The van der Waals surface area contributed by atoms with E-state index in [1.54, 1.807) is 6.07 Å². The van der Waals surface area contributed by atoms with Crippen LogP contribution in [-0.4, -0.2) is 32.0 Å². The van der Waals surface area contributed by atoms with Crippen molar-refractivity contribution in [2.45, 2.75) is 38.9 Å².